The Bertz CT molecular complexity index is 1030. The number of fused-ring (bicyclic) bond motifs is 1. The van der Waals surface area contributed by atoms with Gasteiger partial charge in [-0.25, -0.2) is 0 Å². The zero-order valence-electron chi connectivity index (χ0n) is 15.5. The van der Waals surface area contributed by atoms with Crippen molar-refractivity contribution < 1.29 is 18.8 Å². The van der Waals surface area contributed by atoms with Crippen LogP contribution in [0, 0.1) is 0 Å². The lowest BCUT2D eigenvalue weighted by molar-refractivity contribution is -0.136. The molecule has 8 heteroatoms. The molecule has 1 aromatic carbocycles. The largest absolute Gasteiger partial charge is 0.467 e. The summed E-state index contributed by atoms with van der Waals surface area (Å²) in [6.07, 6.45) is 3.24. The lowest BCUT2D eigenvalue weighted by atomic mass is 10.0. The number of benzene rings is 1. The van der Waals surface area contributed by atoms with Crippen molar-refractivity contribution in [3.8, 4) is 0 Å². The number of anilines is 2. The lowest BCUT2D eigenvalue weighted by Gasteiger charge is -2.29. The van der Waals surface area contributed by atoms with Gasteiger partial charge in [-0.1, -0.05) is 12.1 Å². The summed E-state index contributed by atoms with van der Waals surface area (Å²) >= 11 is 1.40. The number of rotatable bonds is 4. The van der Waals surface area contributed by atoms with Crippen molar-refractivity contribution in [2.75, 3.05) is 16.8 Å². The Labute approximate surface area is 171 Å². The van der Waals surface area contributed by atoms with E-state index < -0.39 is 11.8 Å². The topological polar surface area (TPSA) is 91.7 Å². The zero-order valence-corrected chi connectivity index (χ0v) is 16.3. The molecule has 4 rings (SSSR count). The molecule has 0 saturated carbocycles. The van der Waals surface area contributed by atoms with Crippen LogP contribution >= 0.6 is 11.3 Å². The lowest BCUT2D eigenvalue weighted by Crippen LogP contribution is -2.36. The van der Waals surface area contributed by atoms with Crippen LogP contribution < -0.4 is 15.5 Å². The molecule has 1 aliphatic heterocycles. The SMILES string of the molecule is O=C(NCc1ccco1)C(=O)Nc1ccc2c(c1)N(C(=O)c1cccs1)CCC2. The number of aryl methyl sites for hydroxylation is 1. The van der Waals surface area contributed by atoms with Crippen LogP contribution in [0.15, 0.2) is 58.5 Å². The molecule has 0 saturated heterocycles. The average molecular weight is 409 g/mol. The maximum atomic E-state index is 12.8. The second-order valence-corrected chi connectivity index (χ2v) is 7.54. The molecular formula is C21H19N3O4S. The molecule has 148 valence electrons. The Kier molecular flexibility index (Phi) is 5.44. The van der Waals surface area contributed by atoms with Gasteiger partial charge in [0.25, 0.3) is 5.91 Å². The highest BCUT2D eigenvalue weighted by Gasteiger charge is 2.25. The van der Waals surface area contributed by atoms with Gasteiger partial charge in [-0.3, -0.25) is 14.4 Å². The van der Waals surface area contributed by atoms with Crippen LogP contribution in [0.5, 0.6) is 0 Å². The number of nitrogens with one attached hydrogen (secondary N) is 2. The fourth-order valence-electron chi connectivity index (χ4n) is 3.25. The molecule has 0 unspecified atom stereocenters. The van der Waals surface area contributed by atoms with E-state index >= 15 is 0 Å². The van der Waals surface area contributed by atoms with Crippen LogP contribution in [0.2, 0.25) is 0 Å². The first-order chi connectivity index (χ1) is 14.1. The number of amides is 3. The summed E-state index contributed by atoms with van der Waals surface area (Å²) < 4.78 is 5.13. The molecule has 0 aliphatic carbocycles. The number of nitrogens with zero attached hydrogens (tertiary/aromatic N) is 1. The van der Waals surface area contributed by atoms with Crippen molar-refractivity contribution in [1.29, 1.82) is 0 Å². The molecule has 3 amide bonds. The highest BCUT2D eigenvalue weighted by Crippen LogP contribution is 2.31. The average Bonchev–Trinajstić information content (AvgIpc) is 3.45. The third-order valence-corrected chi connectivity index (χ3v) is 5.51. The molecule has 29 heavy (non-hydrogen) atoms. The number of carbonyl (C=O) groups is 3. The highest BCUT2D eigenvalue weighted by atomic mass is 32.1. The van der Waals surface area contributed by atoms with Gasteiger partial charge in [0.05, 0.1) is 17.7 Å². The Balaban J connectivity index is 1.46. The predicted molar refractivity (Wildman–Crippen MR) is 110 cm³/mol. The van der Waals surface area contributed by atoms with Crippen molar-refractivity contribution in [1.82, 2.24) is 5.32 Å². The van der Waals surface area contributed by atoms with Crippen molar-refractivity contribution in [2.45, 2.75) is 19.4 Å². The second kappa shape index (κ2) is 8.32. The monoisotopic (exact) mass is 409 g/mol. The third kappa shape index (κ3) is 4.22. The first-order valence-electron chi connectivity index (χ1n) is 9.21. The summed E-state index contributed by atoms with van der Waals surface area (Å²) in [6.45, 7) is 0.747. The molecule has 1 aliphatic rings. The first-order valence-corrected chi connectivity index (χ1v) is 10.1. The third-order valence-electron chi connectivity index (χ3n) is 4.65. The molecule has 0 bridgehead atoms. The number of furan rings is 1. The van der Waals surface area contributed by atoms with Crippen LogP contribution in [0.4, 0.5) is 11.4 Å². The van der Waals surface area contributed by atoms with Crippen molar-refractivity contribution in [2.24, 2.45) is 0 Å². The molecule has 3 aromatic rings. The minimum atomic E-state index is -0.775. The molecule has 0 spiro atoms. The van der Waals surface area contributed by atoms with Gasteiger partial charge in [0.15, 0.2) is 0 Å². The van der Waals surface area contributed by atoms with Crippen molar-refractivity contribution in [3.05, 3.63) is 70.3 Å². The van der Waals surface area contributed by atoms with Gasteiger partial charge in [0.2, 0.25) is 0 Å². The van der Waals surface area contributed by atoms with Crippen LogP contribution in [0.1, 0.15) is 27.4 Å². The van der Waals surface area contributed by atoms with Crippen molar-refractivity contribution in [3.63, 3.8) is 0 Å². The van der Waals surface area contributed by atoms with Gasteiger partial charge in [-0.15, -0.1) is 11.3 Å². The molecule has 2 aromatic heterocycles. The summed E-state index contributed by atoms with van der Waals surface area (Å²) in [5.74, 6) is -1.03. The smallest absolute Gasteiger partial charge is 0.313 e. The van der Waals surface area contributed by atoms with E-state index in [0.717, 1.165) is 24.1 Å². The Hall–Kier alpha value is -3.39. The highest BCUT2D eigenvalue weighted by molar-refractivity contribution is 7.12. The number of hydrogen-bond donors (Lipinski definition) is 2. The molecule has 0 radical (unpaired) electrons. The standard InChI is InChI=1S/C21H19N3O4S/c25-19(22-13-16-5-2-10-28-16)20(26)23-15-8-7-14-4-1-9-24(17(14)12-15)21(27)18-6-3-11-29-18/h2-3,5-8,10-12H,1,4,9,13H2,(H,22,25)(H,23,26). The quantitative estimate of drug-likeness (QED) is 0.648. The van der Waals surface area contributed by atoms with Gasteiger partial charge < -0.3 is 20.0 Å². The Morgan fingerprint density at radius 1 is 1.10 bits per heavy atom. The van der Waals surface area contributed by atoms with E-state index in [1.165, 1.54) is 17.6 Å². The van der Waals surface area contributed by atoms with E-state index in [0.29, 0.717) is 22.9 Å². The molecule has 3 heterocycles. The maximum Gasteiger partial charge on any atom is 0.313 e. The molecule has 0 fully saturated rings. The zero-order chi connectivity index (χ0) is 20.2. The van der Waals surface area contributed by atoms with E-state index in [4.69, 9.17) is 4.42 Å². The summed E-state index contributed by atoms with van der Waals surface area (Å²) in [7, 11) is 0. The van der Waals surface area contributed by atoms with E-state index in [1.54, 1.807) is 35.2 Å². The van der Waals surface area contributed by atoms with Crippen LogP contribution in [0.25, 0.3) is 0 Å². The molecule has 7 nitrogen and oxygen atoms in total. The van der Waals surface area contributed by atoms with E-state index in [1.807, 2.05) is 17.5 Å². The second-order valence-electron chi connectivity index (χ2n) is 6.60. The summed E-state index contributed by atoms with van der Waals surface area (Å²) in [5.41, 5.74) is 2.28. The normalized spacial score (nSPS) is 12.9. The van der Waals surface area contributed by atoms with Gasteiger partial charge in [0, 0.05) is 17.9 Å². The predicted octanol–water partition coefficient (Wildman–Crippen LogP) is 3.19. The van der Waals surface area contributed by atoms with Gasteiger partial charge in [-0.2, -0.15) is 0 Å². The summed E-state index contributed by atoms with van der Waals surface area (Å²) in [4.78, 5) is 39.5. The molecule has 0 atom stereocenters. The van der Waals surface area contributed by atoms with E-state index in [2.05, 4.69) is 10.6 Å². The van der Waals surface area contributed by atoms with E-state index in [9.17, 15) is 14.4 Å². The summed E-state index contributed by atoms with van der Waals surface area (Å²) in [5, 5.41) is 6.98. The van der Waals surface area contributed by atoms with Crippen LogP contribution in [0.3, 0.4) is 0 Å². The van der Waals surface area contributed by atoms with Crippen LogP contribution in [-0.2, 0) is 22.6 Å². The molecule has 2 N–H and O–H groups in total. The first kappa shape index (κ1) is 18.9. The van der Waals surface area contributed by atoms with Gasteiger partial charge in [0.1, 0.15) is 5.76 Å². The fraction of sp³-hybridized carbons (Fsp3) is 0.190. The van der Waals surface area contributed by atoms with E-state index in [-0.39, 0.29) is 12.5 Å². The van der Waals surface area contributed by atoms with Gasteiger partial charge in [-0.05, 0) is 54.1 Å². The minimum absolute atomic E-state index is 0.0550. The fourth-order valence-corrected chi connectivity index (χ4v) is 3.92. The minimum Gasteiger partial charge on any atom is -0.467 e. The number of carbonyl (C=O) groups excluding carboxylic acids is 3. The number of hydrogen-bond acceptors (Lipinski definition) is 5. The van der Waals surface area contributed by atoms with Crippen molar-refractivity contribution >= 4 is 40.4 Å². The summed E-state index contributed by atoms with van der Waals surface area (Å²) in [6, 6.07) is 12.4. The maximum absolute atomic E-state index is 12.8. The number of thiophene rings is 1. The molecular weight excluding hydrogens is 390 g/mol. The Morgan fingerprint density at radius 2 is 2.00 bits per heavy atom. The Morgan fingerprint density at radius 3 is 2.76 bits per heavy atom. The van der Waals surface area contributed by atoms with Gasteiger partial charge >= 0.3 is 11.8 Å². The van der Waals surface area contributed by atoms with Crippen LogP contribution in [-0.4, -0.2) is 24.3 Å².